The van der Waals surface area contributed by atoms with Gasteiger partial charge in [-0.05, 0) is 30.7 Å². The van der Waals surface area contributed by atoms with Crippen molar-refractivity contribution in [2.75, 3.05) is 19.3 Å². The standard InChI is InChI=1S/C13H22N2/c1-4-11(2)9-15(3)10-12-5-7-13(14)8-6-12/h5-8,11H,4,9-10,14H2,1-3H3. The summed E-state index contributed by atoms with van der Waals surface area (Å²) in [6.45, 7) is 6.69. The molecule has 0 saturated heterocycles. The van der Waals surface area contributed by atoms with E-state index in [0.717, 1.165) is 24.7 Å². The van der Waals surface area contributed by atoms with E-state index in [9.17, 15) is 0 Å². The topological polar surface area (TPSA) is 29.3 Å². The average molecular weight is 206 g/mol. The van der Waals surface area contributed by atoms with Crippen LogP contribution < -0.4 is 5.73 Å². The number of benzene rings is 1. The molecule has 2 heteroatoms. The molecule has 0 aliphatic heterocycles. The van der Waals surface area contributed by atoms with Crippen molar-refractivity contribution in [1.82, 2.24) is 4.90 Å². The lowest BCUT2D eigenvalue weighted by atomic mass is 10.1. The number of hydrogen-bond donors (Lipinski definition) is 1. The Morgan fingerprint density at radius 2 is 1.87 bits per heavy atom. The van der Waals surface area contributed by atoms with E-state index in [-0.39, 0.29) is 0 Å². The van der Waals surface area contributed by atoms with Gasteiger partial charge in [-0.25, -0.2) is 0 Å². The Morgan fingerprint density at radius 3 is 2.40 bits per heavy atom. The van der Waals surface area contributed by atoms with Crippen LogP contribution in [0.5, 0.6) is 0 Å². The normalized spacial score (nSPS) is 13.1. The first kappa shape index (κ1) is 12.1. The Kier molecular flexibility index (Phi) is 4.63. The van der Waals surface area contributed by atoms with Gasteiger partial charge in [-0.15, -0.1) is 0 Å². The molecule has 0 aliphatic rings. The van der Waals surface area contributed by atoms with Crippen LogP contribution >= 0.6 is 0 Å². The Balaban J connectivity index is 2.44. The molecule has 0 aromatic heterocycles. The van der Waals surface area contributed by atoms with E-state index < -0.39 is 0 Å². The lowest BCUT2D eigenvalue weighted by Gasteiger charge is -2.20. The highest BCUT2D eigenvalue weighted by atomic mass is 15.1. The summed E-state index contributed by atoms with van der Waals surface area (Å²) in [5, 5.41) is 0. The maximum Gasteiger partial charge on any atom is 0.0314 e. The lowest BCUT2D eigenvalue weighted by molar-refractivity contribution is 0.275. The number of anilines is 1. The number of hydrogen-bond acceptors (Lipinski definition) is 2. The summed E-state index contributed by atoms with van der Waals surface area (Å²) in [7, 11) is 2.17. The van der Waals surface area contributed by atoms with Crippen molar-refractivity contribution in [1.29, 1.82) is 0 Å². The predicted molar refractivity (Wildman–Crippen MR) is 66.6 cm³/mol. The minimum absolute atomic E-state index is 0.767. The fourth-order valence-electron chi connectivity index (χ4n) is 1.66. The van der Waals surface area contributed by atoms with Crippen LogP contribution in [0.4, 0.5) is 5.69 Å². The van der Waals surface area contributed by atoms with E-state index >= 15 is 0 Å². The highest BCUT2D eigenvalue weighted by Crippen LogP contribution is 2.09. The van der Waals surface area contributed by atoms with Gasteiger partial charge in [0.25, 0.3) is 0 Å². The number of rotatable bonds is 5. The van der Waals surface area contributed by atoms with E-state index in [1.807, 2.05) is 12.1 Å². The summed E-state index contributed by atoms with van der Waals surface area (Å²) < 4.78 is 0. The predicted octanol–water partition coefficient (Wildman–Crippen LogP) is 2.75. The molecule has 0 bridgehead atoms. The Bertz CT molecular complexity index is 279. The smallest absolute Gasteiger partial charge is 0.0314 e. The maximum absolute atomic E-state index is 5.65. The van der Waals surface area contributed by atoms with Gasteiger partial charge in [0.05, 0.1) is 0 Å². The van der Waals surface area contributed by atoms with Crippen LogP contribution in [0.1, 0.15) is 25.8 Å². The van der Waals surface area contributed by atoms with E-state index in [1.54, 1.807) is 0 Å². The molecular formula is C13H22N2. The minimum Gasteiger partial charge on any atom is -0.399 e. The molecule has 1 aromatic rings. The highest BCUT2D eigenvalue weighted by molar-refractivity contribution is 5.39. The van der Waals surface area contributed by atoms with Crippen LogP contribution in [0, 0.1) is 5.92 Å². The van der Waals surface area contributed by atoms with Crippen molar-refractivity contribution >= 4 is 5.69 Å². The van der Waals surface area contributed by atoms with Crippen molar-refractivity contribution in [2.24, 2.45) is 5.92 Å². The average Bonchev–Trinajstić information content (AvgIpc) is 2.21. The summed E-state index contributed by atoms with van der Waals surface area (Å²) in [4.78, 5) is 2.36. The van der Waals surface area contributed by atoms with Crippen molar-refractivity contribution < 1.29 is 0 Å². The second-order valence-corrected chi connectivity index (χ2v) is 4.45. The summed E-state index contributed by atoms with van der Waals surface area (Å²) in [6, 6.07) is 8.13. The first-order chi connectivity index (χ1) is 7.11. The molecule has 0 spiro atoms. The molecule has 2 nitrogen and oxygen atoms in total. The van der Waals surface area contributed by atoms with Gasteiger partial charge in [-0.1, -0.05) is 32.4 Å². The quantitative estimate of drug-likeness (QED) is 0.751. The Labute approximate surface area is 93.1 Å². The van der Waals surface area contributed by atoms with Gasteiger partial charge in [0.15, 0.2) is 0 Å². The van der Waals surface area contributed by atoms with Crippen molar-refractivity contribution in [3.63, 3.8) is 0 Å². The molecule has 2 N–H and O–H groups in total. The van der Waals surface area contributed by atoms with E-state index in [1.165, 1.54) is 12.0 Å². The van der Waals surface area contributed by atoms with Gasteiger partial charge in [0, 0.05) is 18.8 Å². The first-order valence-electron chi connectivity index (χ1n) is 5.64. The zero-order valence-electron chi connectivity index (χ0n) is 10.0. The molecule has 0 heterocycles. The maximum atomic E-state index is 5.65. The summed E-state index contributed by atoms with van der Waals surface area (Å²) in [6.07, 6.45) is 1.24. The molecule has 15 heavy (non-hydrogen) atoms. The third-order valence-electron chi connectivity index (χ3n) is 2.75. The van der Waals surface area contributed by atoms with Gasteiger partial charge in [0.1, 0.15) is 0 Å². The molecule has 0 aliphatic carbocycles. The summed E-state index contributed by atoms with van der Waals surface area (Å²) in [5.41, 5.74) is 7.81. The van der Waals surface area contributed by atoms with Crippen LogP contribution in [0.2, 0.25) is 0 Å². The number of nitrogen functional groups attached to an aromatic ring is 1. The van der Waals surface area contributed by atoms with Crippen LogP contribution in [0.25, 0.3) is 0 Å². The van der Waals surface area contributed by atoms with Crippen LogP contribution in [0.15, 0.2) is 24.3 Å². The van der Waals surface area contributed by atoms with Gasteiger partial charge < -0.3 is 10.6 Å². The molecule has 0 amide bonds. The minimum atomic E-state index is 0.767. The largest absolute Gasteiger partial charge is 0.399 e. The molecular weight excluding hydrogens is 184 g/mol. The fraction of sp³-hybridized carbons (Fsp3) is 0.538. The van der Waals surface area contributed by atoms with Crippen LogP contribution in [0.3, 0.4) is 0 Å². The fourth-order valence-corrected chi connectivity index (χ4v) is 1.66. The molecule has 84 valence electrons. The zero-order chi connectivity index (χ0) is 11.3. The second kappa shape index (κ2) is 5.76. The van der Waals surface area contributed by atoms with E-state index in [0.29, 0.717) is 0 Å². The van der Waals surface area contributed by atoms with Crippen molar-refractivity contribution in [3.8, 4) is 0 Å². The molecule has 1 rings (SSSR count). The monoisotopic (exact) mass is 206 g/mol. The third-order valence-corrected chi connectivity index (χ3v) is 2.75. The van der Waals surface area contributed by atoms with Gasteiger partial charge >= 0.3 is 0 Å². The molecule has 0 fully saturated rings. The second-order valence-electron chi connectivity index (χ2n) is 4.45. The molecule has 1 aromatic carbocycles. The first-order valence-corrected chi connectivity index (χ1v) is 5.64. The van der Waals surface area contributed by atoms with Crippen molar-refractivity contribution in [3.05, 3.63) is 29.8 Å². The van der Waals surface area contributed by atoms with Gasteiger partial charge in [-0.3, -0.25) is 0 Å². The molecule has 0 radical (unpaired) electrons. The van der Waals surface area contributed by atoms with Gasteiger partial charge in [0.2, 0.25) is 0 Å². The van der Waals surface area contributed by atoms with Crippen molar-refractivity contribution in [2.45, 2.75) is 26.8 Å². The van der Waals surface area contributed by atoms with Gasteiger partial charge in [-0.2, -0.15) is 0 Å². The highest BCUT2D eigenvalue weighted by Gasteiger charge is 2.04. The van der Waals surface area contributed by atoms with E-state index in [4.69, 9.17) is 5.73 Å². The zero-order valence-corrected chi connectivity index (χ0v) is 10.0. The van der Waals surface area contributed by atoms with Crippen LogP contribution in [-0.4, -0.2) is 18.5 Å². The molecule has 0 saturated carbocycles. The lowest BCUT2D eigenvalue weighted by Crippen LogP contribution is -2.23. The van der Waals surface area contributed by atoms with Crippen LogP contribution in [-0.2, 0) is 6.54 Å². The number of nitrogens with two attached hydrogens (primary N) is 1. The molecule has 1 unspecified atom stereocenters. The summed E-state index contributed by atoms with van der Waals surface area (Å²) >= 11 is 0. The third kappa shape index (κ3) is 4.34. The summed E-state index contributed by atoms with van der Waals surface area (Å²) in [5.74, 6) is 0.767. The SMILES string of the molecule is CCC(C)CN(C)Cc1ccc(N)cc1. The van der Waals surface area contributed by atoms with E-state index in [2.05, 4.69) is 37.9 Å². The number of nitrogens with zero attached hydrogens (tertiary/aromatic N) is 1. The molecule has 1 atom stereocenters. The Hall–Kier alpha value is -1.02. The Morgan fingerprint density at radius 1 is 1.27 bits per heavy atom.